The summed E-state index contributed by atoms with van der Waals surface area (Å²) in [7, 11) is -1.29. The Kier molecular flexibility index (Phi) is 8.32. The molecular formula is C18H29IN4O3S. The minimum absolute atomic E-state index is 0. The topological polar surface area (TPSA) is 74.2 Å². The molecule has 7 nitrogen and oxygen atoms in total. The van der Waals surface area contributed by atoms with E-state index in [1.165, 1.54) is 11.1 Å². The number of ether oxygens (including phenoxy) is 1. The molecule has 1 N–H and O–H groups in total. The van der Waals surface area contributed by atoms with Crippen LogP contribution in [0.2, 0.25) is 0 Å². The lowest BCUT2D eigenvalue weighted by atomic mass is 10.0. The van der Waals surface area contributed by atoms with Crippen molar-refractivity contribution in [2.75, 3.05) is 52.1 Å². The lowest BCUT2D eigenvalue weighted by molar-refractivity contribution is -0.00831. The number of nitrogens with one attached hydrogen (secondary N) is 1. The molecule has 2 heterocycles. The van der Waals surface area contributed by atoms with Crippen LogP contribution in [0.15, 0.2) is 29.3 Å². The van der Waals surface area contributed by atoms with Crippen molar-refractivity contribution in [2.24, 2.45) is 4.99 Å². The van der Waals surface area contributed by atoms with Gasteiger partial charge in [-0.15, -0.1) is 24.0 Å². The molecule has 1 unspecified atom stereocenters. The summed E-state index contributed by atoms with van der Waals surface area (Å²) in [6.07, 6.45) is 0.737. The molecule has 152 valence electrons. The van der Waals surface area contributed by atoms with E-state index in [9.17, 15) is 8.42 Å². The first-order valence-electron chi connectivity index (χ1n) is 9.12. The summed E-state index contributed by atoms with van der Waals surface area (Å²) in [4.78, 5) is 6.55. The molecule has 0 radical (unpaired) electrons. The molecular weight excluding hydrogens is 479 g/mol. The van der Waals surface area contributed by atoms with Crippen LogP contribution in [-0.4, -0.2) is 75.7 Å². The van der Waals surface area contributed by atoms with E-state index in [4.69, 9.17) is 4.74 Å². The van der Waals surface area contributed by atoms with Crippen LogP contribution in [0.5, 0.6) is 0 Å². The Labute approximate surface area is 179 Å². The first-order valence-corrected chi connectivity index (χ1v) is 10.7. The number of hydrogen-bond donors (Lipinski definition) is 1. The molecule has 9 heteroatoms. The fourth-order valence-corrected chi connectivity index (χ4v) is 5.07. The molecule has 1 aromatic carbocycles. The van der Waals surface area contributed by atoms with Gasteiger partial charge in [0.15, 0.2) is 5.96 Å². The second kappa shape index (κ2) is 10.0. The Morgan fingerprint density at radius 2 is 2.11 bits per heavy atom. The third-order valence-electron chi connectivity index (χ3n) is 4.96. The molecule has 3 rings (SSSR count). The van der Waals surface area contributed by atoms with Crippen LogP contribution < -0.4 is 5.32 Å². The van der Waals surface area contributed by atoms with Gasteiger partial charge in [-0.1, -0.05) is 24.3 Å². The number of aliphatic imine (C=N–C) groups is 1. The highest BCUT2D eigenvalue weighted by molar-refractivity contribution is 14.0. The number of nitrogens with zero attached hydrogens (tertiary/aromatic N) is 3. The van der Waals surface area contributed by atoms with E-state index < -0.39 is 10.0 Å². The lowest BCUT2D eigenvalue weighted by Gasteiger charge is -2.36. The maximum Gasteiger partial charge on any atom is 0.214 e. The van der Waals surface area contributed by atoms with Crippen molar-refractivity contribution in [1.82, 2.24) is 14.5 Å². The smallest absolute Gasteiger partial charge is 0.214 e. The molecule has 0 bridgehead atoms. The van der Waals surface area contributed by atoms with Crippen molar-refractivity contribution in [3.63, 3.8) is 0 Å². The average molecular weight is 508 g/mol. The number of morpholine rings is 1. The summed E-state index contributed by atoms with van der Waals surface area (Å²) in [6.45, 7) is 5.89. The Morgan fingerprint density at radius 3 is 2.78 bits per heavy atom. The largest absolute Gasteiger partial charge is 0.370 e. The van der Waals surface area contributed by atoms with Gasteiger partial charge in [-0.3, -0.25) is 4.99 Å². The zero-order valence-electron chi connectivity index (χ0n) is 15.9. The molecule has 1 atom stereocenters. The number of benzene rings is 1. The highest BCUT2D eigenvalue weighted by Crippen LogP contribution is 2.24. The maximum atomic E-state index is 11.9. The number of sulfonamides is 1. The third-order valence-corrected chi connectivity index (χ3v) is 6.92. The molecule has 0 spiro atoms. The van der Waals surface area contributed by atoms with E-state index in [1.807, 2.05) is 12.1 Å². The highest BCUT2D eigenvalue weighted by Gasteiger charge is 2.28. The van der Waals surface area contributed by atoms with Crippen LogP contribution in [0.25, 0.3) is 0 Å². The molecule has 0 aliphatic carbocycles. The van der Waals surface area contributed by atoms with E-state index in [1.54, 1.807) is 11.4 Å². The zero-order valence-corrected chi connectivity index (χ0v) is 19.1. The van der Waals surface area contributed by atoms with Gasteiger partial charge in [0.05, 0.1) is 18.9 Å². The first-order chi connectivity index (χ1) is 12.5. The van der Waals surface area contributed by atoms with Gasteiger partial charge in [-0.25, -0.2) is 12.7 Å². The van der Waals surface area contributed by atoms with Crippen LogP contribution in [0.1, 0.15) is 23.7 Å². The van der Waals surface area contributed by atoms with E-state index >= 15 is 0 Å². The van der Waals surface area contributed by atoms with Crippen molar-refractivity contribution in [1.29, 1.82) is 0 Å². The van der Waals surface area contributed by atoms with Crippen LogP contribution >= 0.6 is 24.0 Å². The quantitative estimate of drug-likeness (QED) is 0.380. The molecule has 2 aliphatic heterocycles. The number of aryl methyl sites for hydroxylation is 1. The Balaban J connectivity index is 0.00000261. The lowest BCUT2D eigenvalue weighted by Crippen LogP contribution is -2.49. The van der Waals surface area contributed by atoms with Crippen LogP contribution in [0.3, 0.4) is 0 Å². The summed E-state index contributed by atoms with van der Waals surface area (Å²) >= 11 is 0. The highest BCUT2D eigenvalue weighted by atomic mass is 127. The van der Waals surface area contributed by atoms with Gasteiger partial charge in [0.1, 0.15) is 6.10 Å². The minimum Gasteiger partial charge on any atom is -0.370 e. The summed E-state index contributed by atoms with van der Waals surface area (Å²) in [5.41, 5.74) is 2.43. The van der Waals surface area contributed by atoms with Crippen LogP contribution in [0.4, 0.5) is 0 Å². The molecule has 1 aromatic rings. The van der Waals surface area contributed by atoms with Crippen LogP contribution in [0, 0.1) is 6.92 Å². The molecule has 0 amide bonds. The van der Waals surface area contributed by atoms with Crippen molar-refractivity contribution >= 4 is 40.0 Å². The maximum absolute atomic E-state index is 11.9. The van der Waals surface area contributed by atoms with Gasteiger partial charge in [-0.05, 0) is 24.5 Å². The summed E-state index contributed by atoms with van der Waals surface area (Å²) in [5.74, 6) is 1.06. The summed E-state index contributed by atoms with van der Waals surface area (Å²) in [6, 6.07) is 8.28. The summed E-state index contributed by atoms with van der Waals surface area (Å²) in [5, 5.41) is 3.30. The first kappa shape index (κ1) is 22.4. The number of hydrogen-bond acceptors (Lipinski definition) is 4. The standard InChI is InChI=1S/C18H28N4O3S.HI/c1-15-6-3-4-7-16(15)17-14-21(11-12-25-17)18(19-2)20-8-10-22-9-5-13-26(22,23)24;/h3-4,6-7,17H,5,8-14H2,1-2H3,(H,19,20);1H. The van der Waals surface area contributed by atoms with E-state index in [0.29, 0.717) is 26.2 Å². The van der Waals surface area contributed by atoms with E-state index in [2.05, 4.69) is 34.3 Å². The van der Waals surface area contributed by atoms with E-state index in [-0.39, 0.29) is 35.8 Å². The monoisotopic (exact) mass is 508 g/mol. The second-order valence-electron chi connectivity index (χ2n) is 6.70. The predicted molar refractivity (Wildman–Crippen MR) is 118 cm³/mol. The number of guanidine groups is 1. The Hall–Kier alpha value is -0.910. The number of rotatable bonds is 4. The van der Waals surface area contributed by atoms with Gasteiger partial charge in [-0.2, -0.15) is 0 Å². The molecule has 0 aromatic heterocycles. The second-order valence-corrected chi connectivity index (χ2v) is 8.79. The van der Waals surface area contributed by atoms with Gasteiger partial charge in [0.2, 0.25) is 10.0 Å². The predicted octanol–water partition coefficient (Wildman–Crippen LogP) is 1.60. The normalized spacial score (nSPS) is 23.1. The average Bonchev–Trinajstić information content (AvgIpc) is 2.97. The summed E-state index contributed by atoms with van der Waals surface area (Å²) < 4.78 is 31.3. The van der Waals surface area contributed by atoms with Crippen molar-refractivity contribution < 1.29 is 13.2 Å². The molecule has 2 saturated heterocycles. The Morgan fingerprint density at radius 1 is 1.33 bits per heavy atom. The Bertz CT molecular complexity index is 757. The fourth-order valence-electron chi connectivity index (χ4n) is 3.54. The number of halogens is 1. The fraction of sp³-hybridized carbons (Fsp3) is 0.611. The van der Waals surface area contributed by atoms with Crippen molar-refractivity contribution in [3.05, 3.63) is 35.4 Å². The van der Waals surface area contributed by atoms with Gasteiger partial charge in [0, 0.05) is 33.2 Å². The van der Waals surface area contributed by atoms with E-state index in [0.717, 1.165) is 25.5 Å². The zero-order chi connectivity index (χ0) is 18.6. The third kappa shape index (κ3) is 5.55. The molecule has 2 fully saturated rings. The molecule has 2 aliphatic rings. The van der Waals surface area contributed by atoms with Gasteiger partial charge >= 0.3 is 0 Å². The van der Waals surface area contributed by atoms with Crippen molar-refractivity contribution in [3.8, 4) is 0 Å². The van der Waals surface area contributed by atoms with Crippen LogP contribution in [-0.2, 0) is 14.8 Å². The van der Waals surface area contributed by atoms with Gasteiger partial charge < -0.3 is 15.0 Å². The molecule has 0 saturated carbocycles. The van der Waals surface area contributed by atoms with Gasteiger partial charge in [0.25, 0.3) is 0 Å². The molecule has 27 heavy (non-hydrogen) atoms. The minimum atomic E-state index is -3.05. The SMILES string of the molecule is CN=C(NCCN1CCCS1(=O)=O)N1CCOC(c2ccccc2C)C1.I. The van der Waals surface area contributed by atoms with Crippen molar-refractivity contribution in [2.45, 2.75) is 19.4 Å².